The summed E-state index contributed by atoms with van der Waals surface area (Å²) in [6.07, 6.45) is 0. The SMILES string of the molecule is Cc1c(CNc2ccc(Cl)cc2Cl)cc(C#N)n1C. The van der Waals surface area contributed by atoms with Crippen LogP contribution in [0.25, 0.3) is 0 Å². The first-order valence-electron chi connectivity index (χ1n) is 5.77. The van der Waals surface area contributed by atoms with Crippen molar-refractivity contribution in [2.24, 2.45) is 7.05 Å². The molecule has 1 heterocycles. The van der Waals surface area contributed by atoms with Crippen molar-refractivity contribution in [3.8, 4) is 6.07 Å². The lowest BCUT2D eigenvalue weighted by molar-refractivity contribution is 0.856. The molecule has 1 aromatic carbocycles. The maximum absolute atomic E-state index is 8.99. The predicted molar refractivity (Wildman–Crippen MR) is 78.7 cm³/mol. The summed E-state index contributed by atoms with van der Waals surface area (Å²) in [5.41, 5.74) is 3.61. The molecule has 98 valence electrons. The number of nitrogens with zero attached hydrogens (tertiary/aromatic N) is 2. The molecule has 0 aliphatic heterocycles. The van der Waals surface area contributed by atoms with Gasteiger partial charge in [0.15, 0.2) is 0 Å². The minimum Gasteiger partial charge on any atom is -0.380 e. The molecule has 0 aliphatic carbocycles. The second-order valence-corrected chi connectivity index (χ2v) is 5.13. The predicted octanol–water partition coefficient (Wildman–Crippen LogP) is 4.12. The molecule has 0 aliphatic rings. The van der Waals surface area contributed by atoms with E-state index < -0.39 is 0 Å². The maximum Gasteiger partial charge on any atom is 0.120 e. The second-order valence-electron chi connectivity index (χ2n) is 4.29. The monoisotopic (exact) mass is 293 g/mol. The molecule has 2 rings (SSSR count). The number of hydrogen-bond acceptors (Lipinski definition) is 2. The van der Waals surface area contributed by atoms with Gasteiger partial charge in [0.25, 0.3) is 0 Å². The van der Waals surface area contributed by atoms with Crippen LogP contribution in [-0.4, -0.2) is 4.57 Å². The van der Waals surface area contributed by atoms with Gasteiger partial charge in [-0.2, -0.15) is 5.26 Å². The van der Waals surface area contributed by atoms with Crippen molar-refractivity contribution in [1.82, 2.24) is 4.57 Å². The molecule has 0 radical (unpaired) electrons. The lowest BCUT2D eigenvalue weighted by atomic mass is 10.2. The molecule has 0 saturated carbocycles. The first-order chi connectivity index (χ1) is 9.02. The Morgan fingerprint density at radius 1 is 1.32 bits per heavy atom. The van der Waals surface area contributed by atoms with Crippen LogP contribution in [0.2, 0.25) is 10.0 Å². The number of hydrogen-bond donors (Lipinski definition) is 1. The molecule has 0 bridgehead atoms. The van der Waals surface area contributed by atoms with Gasteiger partial charge in [-0.05, 0) is 36.8 Å². The zero-order chi connectivity index (χ0) is 14.0. The van der Waals surface area contributed by atoms with Gasteiger partial charge in [-0.25, -0.2) is 0 Å². The van der Waals surface area contributed by atoms with Gasteiger partial charge in [0.05, 0.1) is 10.7 Å². The quantitative estimate of drug-likeness (QED) is 0.925. The van der Waals surface area contributed by atoms with E-state index in [9.17, 15) is 0 Å². The Bertz CT molecular complexity index is 653. The Morgan fingerprint density at radius 3 is 2.63 bits per heavy atom. The number of halogens is 2. The number of aromatic nitrogens is 1. The van der Waals surface area contributed by atoms with Crippen LogP contribution in [0, 0.1) is 18.3 Å². The lowest BCUT2D eigenvalue weighted by Gasteiger charge is -2.08. The van der Waals surface area contributed by atoms with E-state index in [2.05, 4.69) is 11.4 Å². The Morgan fingerprint density at radius 2 is 2.05 bits per heavy atom. The molecule has 0 saturated heterocycles. The van der Waals surface area contributed by atoms with E-state index in [1.54, 1.807) is 12.1 Å². The van der Waals surface area contributed by atoms with E-state index in [1.807, 2.05) is 30.7 Å². The average molecular weight is 294 g/mol. The number of nitrogens with one attached hydrogen (secondary N) is 1. The molecule has 1 aromatic heterocycles. The van der Waals surface area contributed by atoms with Crippen LogP contribution in [0.15, 0.2) is 24.3 Å². The molecular weight excluding hydrogens is 281 g/mol. The van der Waals surface area contributed by atoms with Crippen molar-refractivity contribution >= 4 is 28.9 Å². The highest BCUT2D eigenvalue weighted by Crippen LogP contribution is 2.26. The van der Waals surface area contributed by atoms with Crippen molar-refractivity contribution in [2.75, 3.05) is 5.32 Å². The van der Waals surface area contributed by atoms with Crippen LogP contribution in [-0.2, 0) is 13.6 Å². The topological polar surface area (TPSA) is 40.8 Å². The molecule has 0 spiro atoms. The Kier molecular flexibility index (Phi) is 4.04. The number of rotatable bonds is 3. The van der Waals surface area contributed by atoms with Crippen molar-refractivity contribution in [3.63, 3.8) is 0 Å². The summed E-state index contributed by atoms with van der Waals surface area (Å²) in [6.45, 7) is 2.60. The fourth-order valence-electron chi connectivity index (χ4n) is 1.87. The van der Waals surface area contributed by atoms with Gasteiger partial charge in [-0.15, -0.1) is 0 Å². The molecule has 2 aromatic rings. The molecule has 0 unspecified atom stereocenters. The van der Waals surface area contributed by atoms with E-state index in [0.29, 0.717) is 22.3 Å². The van der Waals surface area contributed by atoms with Gasteiger partial charge in [-0.3, -0.25) is 0 Å². The Labute approximate surface area is 122 Å². The highest BCUT2D eigenvalue weighted by Gasteiger charge is 2.09. The van der Waals surface area contributed by atoms with E-state index in [4.69, 9.17) is 28.5 Å². The van der Waals surface area contributed by atoms with Crippen LogP contribution in [0.1, 0.15) is 17.0 Å². The molecule has 5 heteroatoms. The van der Waals surface area contributed by atoms with Gasteiger partial charge >= 0.3 is 0 Å². The van der Waals surface area contributed by atoms with Crippen molar-refractivity contribution in [3.05, 3.63) is 51.3 Å². The molecule has 0 atom stereocenters. The first-order valence-corrected chi connectivity index (χ1v) is 6.52. The fourth-order valence-corrected chi connectivity index (χ4v) is 2.35. The standard InChI is InChI=1S/C14H13Cl2N3/c1-9-10(5-12(7-17)19(9)2)8-18-14-4-3-11(15)6-13(14)16/h3-6,18H,8H2,1-2H3. The van der Waals surface area contributed by atoms with Crippen LogP contribution in [0.4, 0.5) is 5.69 Å². The number of nitriles is 1. The van der Waals surface area contributed by atoms with Crippen LogP contribution in [0.5, 0.6) is 0 Å². The maximum atomic E-state index is 8.99. The zero-order valence-electron chi connectivity index (χ0n) is 10.7. The minimum absolute atomic E-state index is 0.585. The summed E-state index contributed by atoms with van der Waals surface area (Å²) in [5, 5.41) is 13.4. The lowest BCUT2D eigenvalue weighted by Crippen LogP contribution is -2.01. The van der Waals surface area contributed by atoms with E-state index in [1.165, 1.54) is 0 Å². The third-order valence-electron chi connectivity index (χ3n) is 3.16. The average Bonchev–Trinajstić information content (AvgIpc) is 2.65. The highest BCUT2D eigenvalue weighted by molar-refractivity contribution is 6.36. The molecular formula is C14H13Cl2N3. The number of anilines is 1. The molecule has 1 N–H and O–H groups in total. The van der Waals surface area contributed by atoms with Crippen molar-refractivity contribution < 1.29 is 0 Å². The van der Waals surface area contributed by atoms with E-state index in [-0.39, 0.29) is 0 Å². The van der Waals surface area contributed by atoms with Crippen LogP contribution in [0.3, 0.4) is 0 Å². The van der Waals surface area contributed by atoms with Gasteiger partial charge in [0.2, 0.25) is 0 Å². The molecule has 3 nitrogen and oxygen atoms in total. The summed E-state index contributed by atoms with van der Waals surface area (Å²) in [5.74, 6) is 0. The number of benzene rings is 1. The molecule has 19 heavy (non-hydrogen) atoms. The summed E-state index contributed by atoms with van der Waals surface area (Å²) in [7, 11) is 1.88. The third-order valence-corrected chi connectivity index (χ3v) is 3.70. The zero-order valence-corrected chi connectivity index (χ0v) is 12.2. The smallest absolute Gasteiger partial charge is 0.120 e. The van der Waals surface area contributed by atoms with E-state index >= 15 is 0 Å². The van der Waals surface area contributed by atoms with Crippen LogP contribution < -0.4 is 5.32 Å². The van der Waals surface area contributed by atoms with Crippen molar-refractivity contribution in [2.45, 2.75) is 13.5 Å². The van der Waals surface area contributed by atoms with Gasteiger partial charge in [0.1, 0.15) is 11.8 Å². The minimum atomic E-state index is 0.585. The summed E-state index contributed by atoms with van der Waals surface area (Å²) < 4.78 is 1.88. The summed E-state index contributed by atoms with van der Waals surface area (Å²) in [4.78, 5) is 0. The largest absolute Gasteiger partial charge is 0.380 e. The Balaban J connectivity index is 2.17. The van der Waals surface area contributed by atoms with E-state index in [0.717, 1.165) is 16.9 Å². The van der Waals surface area contributed by atoms with Gasteiger partial charge in [0, 0.05) is 24.3 Å². The fraction of sp³-hybridized carbons (Fsp3) is 0.214. The summed E-state index contributed by atoms with van der Waals surface area (Å²) >= 11 is 11.9. The third kappa shape index (κ3) is 2.86. The first kappa shape index (κ1) is 13.8. The summed E-state index contributed by atoms with van der Waals surface area (Å²) in [6, 6.07) is 9.37. The Hall–Kier alpha value is -1.63. The van der Waals surface area contributed by atoms with Crippen LogP contribution >= 0.6 is 23.2 Å². The molecule has 0 amide bonds. The van der Waals surface area contributed by atoms with Gasteiger partial charge < -0.3 is 9.88 Å². The van der Waals surface area contributed by atoms with Crippen molar-refractivity contribution in [1.29, 1.82) is 5.26 Å². The highest BCUT2D eigenvalue weighted by atomic mass is 35.5. The normalized spacial score (nSPS) is 10.3. The van der Waals surface area contributed by atoms with Gasteiger partial charge in [-0.1, -0.05) is 23.2 Å². The molecule has 0 fully saturated rings. The second kappa shape index (κ2) is 5.56.